The molecule has 5 nitrogen and oxygen atoms in total. The van der Waals surface area contributed by atoms with Crippen molar-refractivity contribution in [2.24, 2.45) is 5.41 Å². The predicted octanol–water partition coefficient (Wildman–Crippen LogP) is 3.90. The van der Waals surface area contributed by atoms with Crippen LogP contribution in [-0.2, 0) is 5.41 Å². The van der Waals surface area contributed by atoms with Gasteiger partial charge in [0.1, 0.15) is 5.75 Å². The van der Waals surface area contributed by atoms with Crippen LogP contribution in [0.3, 0.4) is 0 Å². The molecule has 32 heavy (non-hydrogen) atoms. The first kappa shape index (κ1) is 25.5. The van der Waals surface area contributed by atoms with Crippen molar-refractivity contribution >= 4 is 0 Å². The smallest absolute Gasteiger partial charge is 0.118 e. The van der Waals surface area contributed by atoms with Gasteiger partial charge in [-0.25, -0.2) is 0 Å². The van der Waals surface area contributed by atoms with E-state index in [1.54, 1.807) is 7.11 Å². The summed E-state index contributed by atoms with van der Waals surface area (Å²) in [6.45, 7) is 24.7. The van der Waals surface area contributed by atoms with Crippen molar-refractivity contribution in [3.05, 3.63) is 29.8 Å². The van der Waals surface area contributed by atoms with E-state index >= 15 is 0 Å². The molecule has 182 valence electrons. The van der Waals surface area contributed by atoms with Gasteiger partial charge in [0.05, 0.1) is 13.2 Å². The summed E-state index contributed by atoms with van der Waals surface area (Å²) in [5.74, 6) is 0.854. The molecule has 2 saturated heterocycles. The minimum absolute atomic E-state index is 0.00867. The third-order valence-corrected chi connectivity index (χ3v) is 7.59. The number of methoxy groups -OCH3 is 1. The first-order chi connectivity index (χ1) is 14.5. The Morgan fingerprint density at radius 3 is 1.72 bits per heavy atom. The first-order valence-corrected chi connectivity index (χ1v) is 12.1. The molecule has 1 unspecified atom stereocenters. The van der Waals surface area contributed by atoms with E-state index in [-0.39, 0.29) is 27.4 Å². The molecule has 2 bridgehead atoms. The second-order valence-electron chi connectivity index (χ2n) is 13.3. The zero-order valence-electron chi connectivity index (χ0n) is 22.2. The zero-order chi connectivity index (χ0) is 24.2. The molecule has 0 spiro atoms. The second-order valence-corrected chi connectivity index (χ2v) is 13.3. The summed E-state index contributed by atoms with van der Waals surface area (Å²) in [6.07, 6.45) is -0.435. The molecule has 0 radical (unpaired) electrons. The van der Waals surface area contributed by atoms with E-state index in [1.165, 1.54) is 5.56 Å². The minimum atomic E-state index is -0.435. The van der Waals surface area contributed by atoms with Crippen molar-refractivity contribution < 1.29 is 9.84 Å². The average Bonchev–Trinajstić information content (AvgIpc) is 2.65. The molecule has 1 aromatic carbocycles. The van der Waals surface area contributed by atoms with Crippen LogP contribution in [0.1, 0.15) is 67.9 Å². The van der Waals surface area contributed by atoms with Crippen molar-refractivity contribution in [1.82, 2.24) is 15.1 Å². The third-order valence-electron chi connectivity index (χ3n) is 7.59. The molecule has 2 N–H and O–H groups in total. The minimum Gasteiger partial charge on any atom is -0.497 e. The largest absolute Gasteiger partial charge is 0.497 e. The summed E-state index contributed by atoms with van der Waals surface area (Å²) in [4.78, 5) is 5.21. The fourth-order valence-electron chi connectivity index (χ4n) is 5.45. The number of fused-ring (bicyclic) bond motifs is 2. The maximum Gasteiger partial charge on any atom is 0.118 e. The normalized spacial score (nSPS) is 30.4. The molecule has 0 aromatic heterocycles. The quantitative estimate of drug-likeness (QED) is 0.736. The van der Waals surface area contributed by atoms with Gasteiger partial charge in [-0.05, 0) is 80.0 Å². The van der Waals surface area contributed by atoms with Gasteiger partial charge >= 0.3 is 0 Å². The summed E-state index contributed by atoms with van der Waals surface area (Å²) in [5.41, 5.74) is 0.593. The van der Waals surface area contributed by atoms with Gasteiger partial charge < -0.3 is 15.2 Å². The fourth-order valence-corrected chi connectivity index (χ4v) is 5.45. The van der Waals surface area contributed by atoms with Crippen molar-refractivity contribution in [3.8, 4) is 5.75 Å². The lowest BCUT2D eigenvalue weighted by molar-refractivity contribution is -0.181. The van der Waals surface area contributed by atoms with Crippen molar-refractivity contribution in [3.63, 3.8) is 0 Å². The number of piperidine rings is 2. The Morgan fingerprint density at radius 1 is 0.875 bits per heavy atom. The summed E-state index contributed by atoms with van der Waals surface area (Å²) in [7, 11) is 1.70. The van der Waals surface area contributed by atoms with E-state index in [1.807, 2.05) is 12.1 Å². The summed E-state index contributed by atoms with van der Waals surface area (Å²) < 4.78 is 5.44. The standard InChI is InChI=1S/C27H47N3O2/c1-23(2,3)28-15-26-16-29(24(4,5)6)18-27(22(26)31,19-30(17-26)25(7,8)9)20-11-13-21(32-10)14-12-20/h11-14,22,28,31H,15-19H2,1-10H3. The number of nitrogens with zero attached hydrogens (tertiary/aromatic N) is 2. The molecule has 5 heteroatoms. The molecule has 0 amide bonds. The summed E-state index contributed by atoms with van der Waals surface area (Å²) in [6, 6.07) is 8.42. The first-order valence-electron chi connectivity index (χ1n) is 12.1. The highest BCUT2D eigenvalue weighted by atomic mass is 16.5. The maximum absolute atomic E-state index is 12.2. The van der Waals surface area contributed by atoms with Crippen LogP contribution < -0.4 is 10.1 Å². The van der Waals surface area contributed by atoms with Crippen LogP contribution in [0.15, 0.2) is 24.3 Å². The number of hydrogen-bond donors (Lipinski definition) is 2. The van der Waals surface area contributed by atoms with E-state index in [4.69, 9.17) is 4.74 Å². The number of aliphatic hydroxyl groups is 1. The Balaban J connectivity index is 2.17. The van der Waals surface area contributed by atoms with Crippen LogP contribution in [0.5, 0.6) is 5.75 Å². The van der Waals surface area contributed by atoms with Crippen molar-refractivity contribution in [2.45, 2.75) is 90.4 Å². The van der Waals surface area contributed by atoms with Crippen LogP contribution in [0, 0.1) is 5.41 Å². The third kappa shape index (κ3) is 4.86. The van der Waals surface area contributed by atoms with Gasteiger partial charge in [0.2, 0.25) is 0 Å². The van der Waals surface area contributed by atoms with E-state index in [0.29, 0.717) is 0 Å². The van der Waals surface area contributed by atoms with E-state index in [0.717, 1.165) is 38.5 Å². The Labute approximate surface area is 196 Å². The molecule has 2 heterocycles. The van der Waals surface area contributed by atoms with Crippen LogP contribution >= 0.6 is 0 Å². The van der Waals surface area contributed by atoms with Crippen molar-refractivity contribution in [1.29, 1.82) is 0 Å². The Hall–Kier alpha value is -1.14. The predicted molar refractivity (Wildman–Crippen MR) is 134 cm³/mol. The highest BCUT2D eigenvalue weighted by Gasteiger charge is 2.62. The SMILES string of the molecule is COc1ccc(C23CN(C(C)(C)C)CC(CNC(C)(C)C)(CN(C(C)(C)C)C2)C3O)cc1. The molecule has 0 saturated carbocycles. The monoisotopic (exact) mass is 445 g/mol. The average molecular weight is 446 g/mol. The van der Waals surface area contributed by atoms with Crippen molar-refractivity contribution in [2.75, 3.05) is 39.8 Å². The van der Waals surface area contributed by atoms with Crippen LogP contribution in [0.4, 0.5) is 0 Å². The number of aliphatic hydroxyl groups excluding tert-OH is 1. The molecular formula is C27H47N3O2. The molecule has 1 atom stereocenters. The Kier molecular flexibility index (Phi) is 6.58. The van der Waals surface area contributed by atoms with Gasteiger partial charge in [-0.2, -0.15) is 0 Å². The van der Waals surface area contributed by atoms with Gasteiger partial charge in [0.25, 0.3) is 0 Å². The molecule has 0 aliphatic carbocycles. The lowest BCUT2D eigenvalue weighted by Crippen LogP contribution is -2.78. The molecular weight excluding hydrogens is 398 g/mol. The zero-order valence-corrected chi connectivity index (χ0v) is 22.2. The Morgan fingerprint density at radius 2 is 1.34 bits per heavy atom. The molecule has 2 aliphatic heterocycles. The highest BCUT2D eigenvalue weighted by Crippen LogP contribution is 2.50. The van der Waals surface area contributed by atoms with Gasteiger partial charge in [0.15, 0.2) is 0 Å². The van der Waals surface area contributed by atoms with Crippen LogP contribution in [0.2, 0.25) is 0 Å². The lowest BCUT2D eigenvalue weighted by atomic mass is 9.57. The maximum atomic E-state index is 12.2. The van der Waals surface area contributed by atoms with Gasteiger partial charge in [-0.1, -0.05) is 12.1 Å². The number of ether oxygens (including phenoxy) is 1. The molecule has 3 rings (SSSR count). The summed E-state index contributed by atoms with van der Waals surface area (Å²) in [5, 5.41) is 16.0. The number of nitrogens with one attached hydrogen (secondary N) is 1. The van der Waals surface area contributed by atoms with Crippen LogP contribution in [-0.4, -0.2) is 77.5 Å². The van der Waals surface area contributed by atoms with E-state index < -0.39 is 6.10 Å². The van der Waals surface area contributed by atoms with Gasteiger partial charge in [-0.3, -0.25) is 9.80 Å². The number of benzene rings is 1. The molecule has 2 fully saturated rings. The van der Waals surface area contributed by atoms with E-state index in [2.05, 4.69) is 89.6 Å². The van der Waals surface area contributed by atoms with Gasteiger partial charge in [0, 0.05) is 60.2 Å². The van der Waals surface area contributed by atoms with Gasteiger partial charge in [-0.15, -0.1) is 0 Å². The highest BCUT2D eigenvalue weighted by molar-refractivity contribution is 5.38. The lowest BCUT2D eigenvalue weighted by Gasteiger charge is -2.66. The number of rotatable bonds is 4. The number of hydrogen-bond acceptors (Lipinski definition) is 5. The molecule has 1 aromatic rings. The van der Waals surface area contributed by atoms with Crippen LogP contribution in [0.25, 0.3) is 0 Å². The number of likely N-dealkylation sites (tertiary alicyclic amines) is 2. The topological polar surface area (TPSA) is 48.0 Å². The molecule has 2 aliphatic rings. The Bertz CT molecular complexity index is 757. The fraction of sp³-hybridized carbons (Fsp3) is 0.778. The van der Waals surface area contributed by atoms with E-state index in [9.17, 15) is 5.11 Å². The summed E-state index contributed by atoms with van der Waals surface area (Å²) >= 11 is 0. The second kappa shape index (κ2) is 8.26.